The molecule has 0 bridgehead atoms. The highest BCUT2D eigenvalue weighted by atomic mass is 31.2. The van der Waals surface area contributed by atoms with Crippen LogP contribution in [0.1, 0.15) is 86.5 Å². The summed E-state index contributed by atoms with van der Waals surface area (Å²) in [5.41, 5.74) is 0.0840. The van der Waals surface area contributed by atoms with Gasteiger partial charge in [-0.1, -0.05) is 40.3 Å². The maximum Gasteiger partial charge on any atom is 0.332 e. The molecule has 10 heteroatoms. The lowest BCUT2D eigenvalue weighted by Crippen LogP contribution is -2.55. The number of Topliss-reactive ketones (excluding diaryl/α,β-unsaturated/α-hetero) is 1. The number of esters is 2. The highest BCUT2D eigenvalue weighted by Gasteiger charge is 2.81. The van der Waals surface area contributed by atoms with E-state index in [0.717, 1.165) is 32.1 Å². The molecule has 11 atom stereocenters. The number of hydrogen-bond acceptors (Lipinski definition) is 9. The first-order chi connectivity index (χ1) is 21.1. The van der Waals surface area contributed by atoms with Crippen LogP contribution >= 0.6 is 8.60 Å². The normalized spacial score (nSPS) is 40.8. The van der Waals surface area contributed by atoms with Crippen LogP contribution in [0.4, 0.5) is 0 Å². The number of carbonyl (C=O) groups is 4. The molecular formula is C35H51O9P. The van der Waals surface area contributed by atoms with Crippen molar-refractivity contribution in [1.29, 1.82) is 0 Å². The van der Waals surface area contributed by atoms with E-state index in [1.54, 1.807) is 0 Å². The minimum absolute atomic E-state index is 0.0499. The van der Waals surface area contributed by atoms with E-state index >= 15 is 0 Å². The highest BCUT2D eigenvalue weighted by Crippen LogP contribution is 2.87. The SMILES string of the molecule is C=C(C(=O)C(C[C@H]1C(OC(C)=O)C[C@@]2(C)C3CCC4[C@H](C)C(=O)C=CC45CC35CCC12C)OC(C)=O)[C@@H](C)COP(OC)OC. The summed E-state index contributed by atoms with van der Waals surface area (Å²) in [5.74, 6) is -0.723. The minimum Gasteiger partial charge on any atom is -0.462 e. The summed E-state index contributed by atoms with van der Waals surface area (Å²) in [5, 5.41) is 0. The first-order valence-electron chi connectivity index (χ1n) is 16.4. The van der Waals surface area contributed by atoms with Crippen molar-refractivity contribution in [1.82, 2.24) is 0 Å². The van der Waals surface area contributed by atoms with E-state index in [2.05, 4.69) is 33.4 Å². The summed E-state index contributed by atoms with van der Waals surface area (Å²) in [7, 11) is 1.44. The lowest BCUT2D eigenvalue weighted by molar-refractivity contribution is -0.159. The molecule has 0 aromatic heterocycles. The molecule has 5 rings (SSSR count). The van der Waals surface area contributed by atoms with Crippen LogP contribution in [0.25, 0.3) is 0 Å². The minimum atomic E-state index is -1.53. The number of ether oxygens (including phenoxy) is 2. The molecule has 0 saturated heterocycles. The average molecular weight is 647 g/mol. The molecule has 0 aliphatic heterocycles. The van der Waals surface area contributed by atoms with Gasteiger partial charge in [-0.15, -0.1) is 0 Å². The number of ketones is 2. The number of hydrogen-bond donors (Lipinski definition) is 0. The van der Waals surface area contributed by atoms with E-state index in [0.29, 0.717) is 23.8 Å². The van der Waals surface area contributed by atoms with Crippen LogP contribution in [-0.4, -0.2) is 56.5 Å². The van der Waals surface area contributed by atoms with Crippen molar-refractivity contribution in [2.45, 2.75) is 98.7 Å². The Balaban J connectivity index is 1.43. The molecule has 0 radical (unpaired) electrons. The lowest BCUT2D eigenvalue weighted by Gasteiger charge is -2.60. The molecule has 2 spiro atoms. The van der Waals surface area contributed by atoms with Crippen LogP contribution in [0.2, 0.25) is 0 Å². The topological polar surface area (TPSA) is 114 Å². The maximum absolute atomic E-state index is 13.9. The Labute approximate surface area is 269 Å². The fourth-order valence-electron chi connectivity index (χ4n) is 10.8. The zero-order valence-electron chi connectivity index (χ0n) is 28.2. The van der Waals surface area contributed by atoms with Gasteiger partial charge < -0.3 is 23.0 Å². The van der Waals surface area contributed by atoms with E-state index in [-0.39, 0.29) is 70.0 Å². The number of fused-ring (bicyclic) bond motifs is 2. The third-order valence-corrected chi connectivity index (χ3v) is 14.1. The molecule has 250 valence electrons. The molecule has 0 amide bonds. The van der Waals surface area contributed by atoms with Crippen molar-refractivity contribution < 1.29 is 42.2 Å². The molecule has 7 unspecified atom stereocenters. The van der Waals surface area contributed by atoms with E-state index in [1.165, 1.54) is 28.1 Å². The number of rotatable bonds is 12. The van der Waals surface area contributed by atoms with E-state index in [1.807, 2.05) is 13.0 Å². The zero-order chi connectivity index (χ0) is 33.1. The Morgan fingerprint density at radius 3 is 2.38 bits per heavy atom. The molecule has 5 aliphatic rings. The quantitative estimate of drug-likeness (QED) is 0.132. The van der Waals surface area contributed by atoms with Crippen LogP contribution < -0.4 is 0 Å². The summed E-state index contributed by atoms with van der Waals surface area (Å²) in [6.45, 7) is 15.6. The van der Waals surface area contributed by atoms with Gasteiger partial charge in [0.2, 0.25) is 0 Å². The van der Waals surface area contributed by atoms with Crippen LogP contribution in [0, 0.1) is 51.2 Å². The van der Waals surface area contributed by atoms with Crippen molar-refractivity contribution >= 4 is 32.1 Å². The predicted octanol–water partition coefficient (Wildman–Crippen LogP) is 6.54. The third-order valence-electron chi connectivity index (χ3n) is 13.2. The molecule has 0 aromatic rings. The van der Waals surface area contributed by atoms with E-state index < -0.39 is 26.8 Å². The van der Waals surface area contributed by atoms with Gasteiger partial charge in [-0.2, -0.15) is 0 Å². The standard InChI is InChI=1S/C35H51O9P/c1-20(18-42-45(40-8)41-9)21(2)31(39)28(43-23(4)36)16-26-29(44-24(5)37)17-33(7)30-11-10-25-22(3)27(38)12-13-34(25)19-35(30,34)15-14-32(26,33)6/h12-13,20,22,25-26,28-30H,2,10-11,14-19H2,1,3-9H3/t20-,22-,25?,26-,28?,29?,30?,32?,33-,34?,35?/m0/s1. The second-order valence-corrected chi connectivity index (χ2v) is 16.4. The van der Waals surface area contributed by atoms with Crippen molar-refractivity contribution in [3.63, 3.8) is 0 Å². The number of carbonyl (C=O) groups excluding carboxylic acids is 4. The van der Waals surface area contributed by atoms with Gasteiger partial charge in [0.15, 0.2) is 17.7 Å². The average Bonchev–Trinajstić information content (AvgIpc) is 3.60. The molecule has 45 heavy (non-hydrogen) atoms. The Kier molecular flexibility index (Phi) is 9.38. The largest absolute Gasteiger partial charge is 0.462 e. The van der Waals surface area contributed by atoms with Gasteiger partial charge in [-0.3, -0.25) is 19.2 Å². The predicted molar refractivity (Wildman–Crippen MR) is 168 cm³/mol. The summed E-state index contributed by atoms with van der Waals surface area (Å²) < 4.78 is 27.8. The van der Waals surface area contributed by atoms with Crippen molar-refractivity contribution in [3.8, 4) is 0 Å². The second-order valence-electron chi connectivity index (χ2n) is 14.9. The molecule has 0 N–H and O–H groups in total. The van der Waals surface area contributed by atoms with Gasteiger partial charge in [0, 0.05) is 45.8 Å². The monoisotopic (exact) mass is 646 g/mol. The van der Waals surface area contributed by atoms with Crippen molar-refractivity contribution in [2.75, 3.05) is 20.8 Å². The summed E-state index contributed by atoms with van der Waals surface area (Å²) in [6, 6.07) is 0. The van der Waals surface area contributed by atoms with Crippen molar-refractivity contribution in [3.05, 3.63) is 24.3 Å². The fourth-order valence-corrected chi connectivity index (χ4v) is 11.5. The Hall–Kier alpha value is -1.93. The number of allylic oxidation sites excluding steroid dienone is 2. The first kappa shape index (κ1) is 34.4. The molecule has 9 nitrogen and oxygen atoms in total. The van der Waals surface area contributed by atoms with Gasteiger partial charge in [0.25, 0.3) is 0 Å². The van der Waals surface area contributed by atoms with Crippen LogP contribution in [0.15, 0.2) is 24.3 Å². The van der Waals surface area contributed by atoms with E-state index in [9.17, 15) is 19.2 Å². The lowest BCUT2D eigenvalue weighted by atomic mass is 9.43. The summed E-state index contributed by atoms with van der Waals surface area (Å²) >= 11 is 0. The molecule has 4 saturated carbocycles. The zero-order valence-corrected chi connectivity index (χ0v) is 29.1. The van der Waals surface area contributed by atoms with Crippen LogP contribution in [0.3, 0.4) is 0 Å². The maximum atomic E-state index is 13.9. The van der Waals surface area contributed by atoms with Gasteiger partial charge >= 0.3 is 20.5 Å². The van der Waals surface area contributed by atoms with Crippen LogP contribution in [-0.2, 0) is 42.2 Å². The van der Waals surface area contributed by atoms with Gasteiger partial charge in [-0.25, -0.2) is 0 Å². The summed E-state index contributed by atoms with van der Waals surface area (Å²) in [6.07, 6.45) is 8.68. The van der Waals surface area contributed by atoms with Gasteiger partial charge in [0.05, 0.1) is 6.61 Å². The Morgan fingerprint density at radius 2 is 1.76 bits per heavy atom. The Morgan fingerprint density at radius 1 is 1.07 bits per heavy atom. The second kappa shape index (κ2) is 12.3. The van der Waals surface area contributed by atoms with Crippen LogP contribution in [0.5, 0.6) is 0 Å². The smallest absolute Gasteiger partial charge is 0.332 e. The third kappa shape index (κ3) is 5.38. The molecule has 5 aliphatic carbocycles. The first-order valence-corrected chi connectivity index (χ1v) is 17.5. The van der Waals surface area contributed by atoms with Gasteiger partial charge in [0.1, 0.15) is 6.10 Å². The van der Waals surface area contributed by atoms with E-state index in [4.69, 9.17) is 23.0 Å². The molecule has 0 heterocycles. The molecular weight excluding hydrogens is 595 g/mol. The fraction of sp³-hybridized carbons (Fsp3) is 0.771. The molecule has 0 aromatic carbocycles. The summed E-state index contributed by atoms with van der Waals surface area (Å²) in [4.78, 5) is 51.4. The van der Waals surface area contributed by atoms with Gasteiger partial charge in [-0.05, 0) is 90.1 Å². The highest BCUT2D eigenvalue weighted by molar-refractivity contribution is 7.41. The molecule has 4 fully saturated rings. The Bertz CT molecular complexity index is 1280. The van der Waals surface area contributed by atoms with Crippen molar-refractivity contribution in [2.24, 2.45) is 51.2 Å².